The highest BCUT2D eigenvalue weighted by atomic mass is 35.5. The molecule has 0 saturated carbocycles. The Balaban J connectivity index is 1.80. The van der Waals surface area contributed by atoms with E-state index in [-0.39, 0.29) is 18.2 Å². The van der Waals surface area contributed by atoms with E-state index in [2.05, 4.69) is 5.32 Å². The van der Waals surface area contributed by atoms with Gasteiger partial charge in [-0.3, -0.25) is 9.59 Å². The van der Waals surface area contributed by atoms with Crippen LogP contribution >= 0.6 is 11.6 Å². The van der Waals surface area contributed by atoms with E-state index in [1.165, 1.54) is 4.90 Å². The SMILES string of the molecule is Cc1ccc(N[C@H]2CC(=O)N(c3ccccc3)C2=O)cc1Cl. The summed E-state index contributed by atoms with van der Waals surface area (Å²) in [5.74, 6) is -0.445. The molecule has 1 heterocycles. The number of benzene rings is 2. The maximum atomic E-state index is 12.5. The number of nitrogens with zero attached hydrogens (tertiary/aromatic N) is 1. The lowest BCUT2D eigenvalue weighted by Gasteiger charge is -2.16. The van der Waals surface area contributed by atoms with Crippen molar-refractivity contribution < 1.29 is 9.59 Å². The van der Waals surface area contributed by atoms with Crippen LogP contribution in [0.3, 0.4) is 0 Å². The van der Waals surface area contributed by atoms with Gasteiger partial charge in [0.1, 0.15) is 6.04 Å². The second-order valence-corrected chi connectivity index (χ2v) is 5.68. The third-order valence-corrected chi connectivity index (χ3v) is 4.08. The number of anilines is 2. The van der Waals surface area contributed by atoms with Gasteiger partial charge in [-0.1, -0.05) is 35.9 Å². The van der Waals surface area contributed by atoms with Crippen molar-refractivity contribution in [3.8, 4) is 0 Å². The Morgan fingerprint density at radius 1 is 1.14 bits per heavy atom. The predicted octanol–water partition coefficient (Wildman–Crippen LogP) is 3.39. The summed E-state index contributed by atoms with van der Waals surface area (Å²) in [5.41, 5.74) is 2.30. The monoisotopic (exact) mass is 314 g/mol. The van der Waals surface area contributed by atoms with Crippen molar-refractivity contribution >= 4 is 34.8 Å². The summed E-state index contributed by atoms with van der Waals surface area (Å²) in [6.07, 6.45) is 0.138. The van der Waals surface area contributed by atoms with E-state index in [0.29, 0.717) is 10.7 Å². The topological polar surface area (TPSA) is 49.4 Å². The maximum absolute atomic E-state index is 12.5. The van der Waals surface area contributed by atoms with Crippen LogP contribution in [-0.4, -0.2) is 17.9 Å². The molecule has 22 heavy (non-hydrogen) atoms. The molecule has 0 aliphatic carbocycles. The molecule has 0 unspecified atom stereocenters. The molecule has 0 bridgehead atoms. The first kappa shape index (κ1) is 14.6. The molecule has 0 aromatic heterocycles. The van der Waals surface area contributed by atoms with E-state index in [4.69, 9.17) is 11.6 Å². The highest BCUT2D eigenvalue weighted by Crippen LogP contribution is 2.26. The van der Waals surface area contributed by atoms with Gasteiger partial charge in [0.2, 0.25) is 5.91 Å². The van der Waals surface area contributed by atoms with Gasteiger partial charge in [-0.2, -0.15) is 0 Å². The van der Waals surface area contributed by atoms with E-state index < -0.39 is 6.04 Å². The third-order valence-electron chi connectivity index (χ3n) is 3.67. The largest absolute Gasteiger partial charge is 0.373 e. The van der Waals surface area contributed by atoms with Crippen LogP contribution in [0.5, 0.6) is 0 Å². The number of carbonyl (C=O) groups is 2. The highest BCUT2D eigenvalue weighted by Gasteiger charge is 2.39. The molecular formula is C17H15ClN2O2. The first-order valence-corrected chi connectivity index (χ1v) is 7.38. The molecule has 2 aromatic carbocycles. The second-order valence-electron chi connectivity index (χ2n) is 5.27. The Hall–Kier alpha value is -2.33. The van der Waals surface area contributed by atoms with Gasteiger partial charge >= 0.3 is 0 Å². The number of halogens is 1. The van der Waals surface area contributed by atoms with Crippen LogP contribution in [0.1, 0.15) is 12.0 Å². The molecule has 1 fully saturated rings. The van der Waals surface area contributed by atoms with Crippen molar-refractivity contribution in [2.45, 2.75) is 19.4 Å². The van der Waals surface area contributed by atoms with Crippen LogP contribution in [0, 0.1) is 6.92 Å². The van der Waals surface area contributed by atoms with E-state index in [1.54, 1.807) is 30.3 Å². The smallest absolute Gasteiger partial charge is 0.256 e. The molecule has 3 rings (SSSR count). The van der Waals surface area contributed by atoms with Crippen LogP contribution in [0.2, 0.25) is 5.02 Å². The Bertz CT molecular complexity index is 731. The van der Waals surface area contributed by atoms with Gasteiger partial charge in [0.15, 0.2) is 0 Å². The van der Waals surface area contributed by atoms with Gasteiger partial charge < -0.3 is 5.32 Å². The van der Waals surface area contributed by atoms with Crippen molar-refractivity contribution in [3.63, 3.8) is 0 Å². The zero-order chi connectivity index (χ0) is 15.7. The van der Waals surface area contributed by atoms with Crippen molar-refractivity contribution in [3.05, 3.63) is 59.1 Å². The van der Waals surface area contributed by atoms with Gasteiger partial charge in [-0.15, -0.1) is 0 Å². The van der Waals surface area contributed by atoms with Gasteiger partial charge in [-0.25, -0.2) is 4.90 Å². The molecule has 1 atom stereocenters. The van der Waals surface area contributed by atoms with Crippen LogP contribution in [0.25, 0.3) is 0 Å². The number of hydrogen-bond acceptors (Lipinski definition) is 3. The minimum atomic E-state index is -0.563. The molecule has 112 valence electrons. The molecule has 0 spiro atoms. The molecule has 1 N–H and O–H groups in total. The normalized spacial score (nSPS) is 17.9. The van der Waals surface area contributed by atoms with Gasteiger partial charge in [-0.05, 0) is 36.8 Å². The standard InChI is InChI=1S/C17H15ClN2O2/c1-11-7-8-12(9-14(11)18)19-15-10-16(21)20(17(15)22)13-5-3-2-4-6-13/h2-9,15,19H,10H2,1H3/t15-/m0/s1. The van der Waals surface area contributed by atoms with Gasteiger partial charge in [0, 0.05) is 10.7 Å². The van der Waals surface area contributed by atoms with Gasteiger partial charge in [0.05, 0.1) is 12.1 Å². The Labute approximate surface area is 133 Å². The molecular weight excluding hydrogens is 300 g/mol. The van der Waals surface area contributed by atoms with E-state index in [1.807, 2.05) is 25.1 Å². The quantitative estimate of drug-likeness (QED) is 0.883. The molecule has 2 aromatic rings. The highest BCUT2D eigenvalue weighted by molar-refractivity contribution is 6.31. The predicted molar refractivity (Wildman–Crippen MR) is 87.2 cm³/mol. The Kier molecular flexibility index (Phi) is 3.86. The second kappa shape index (κ2) is 5.81. The average Bonchev–Trinajstić information content (AvgIpc) is 2.78. The van der Waals surface area contributed by atoms with Crippen LogP contribution in [0.15, 0.2) is 48.5 Å². The fraction of sp³-hybridized carbons (Fsp3) is 0.176. The number of carbonyl (C=O) groups excluding carboxylic acids is 2. The summed E-state index contributed by atoms with van der Waals surface area (Å²) in [6.45, 7) is 1.91. The summed E-state index contributed by atoms with van der Waals surface area (Å²) in [6, 6.07) is 13.9. The number of nitrogens with one attached hydrogen (secondary N) is 1. The number of rotatable bonds is 3. The van der Waals surface area contributed by atoms with E-state index >= 15 is 0 Å². The van der Waals surface area contributed by atoms with Crippen molar-refractivity contribution in [2.24, 2.45) is 0 Å². The minimum absolute atomic E-state index is 0.138. The number of amides is 2. The minimum Gasteiger partial charge on any atom is -0.373 e. The molecule has 1 aliphatic rings. The zero-order valence-electron chi connectivity index (χ0n) is 12.0. The zero-order valence-corrected chi connectivity index (χ0v) is 12.8. The number of para-hydroxylation sites is 1. The molecule has 1 aliphatic heterocycles. The van der Waals surface area contributed by atoms with Gasteiger partial charge in [0.25, 0.3) is 5.91 Å². The van der Waals surface area contributed by atoms with E-state index in [9.17, 15) is 9.59 Å². The molecule has 1 saturated heterocycles. The fourth-order valence-corrected chi connectivity index (χ4v) is 2.66. The number of imide groups is 1. The summed E-state index contributed by atoms with van der Waals surface area (Å²) in [5, 5.41) is 3.72. The van der Waals surface area contributed by atoms with E-state index in [0.717, 1.165) is 11.3 Å². The lowest BCUT2D eigenvalue weighted by molar-refractivity contribution is -0.121. The molecule has 4 nitrogen and oxygen atoms in total. The first-order chi connectivity index (χ1) is 10.6. The lowest BCUT2D eigenvalue weighted by atomic mass is 10.2. The van der Waals surface area contributed by atoms with Crippen LogP contribution in [-0.2, 0) is 9.59 Å². The number of hydrogen-bond donors (Lipinski definition) is 1. The van der Waals surface area contributed by atoms with Crippen molar-refractivity contribution in [2.75, 3.05) is 10.2 Å². The average molecular weight is 315 g/mol. The Morgan fingerprint density at radius 2 is 1.86 bits per heavy atom. The molecule has 2 amide bonds. The third kappa shape index (κ3) is 2.70. The summed E-state index contributed by atoms with van der Waals surface area (Å²) in [4.78, 5) is 25.9. The van der Waals surface area contributed by atoms with Crippen LogP contribution < -0.4 is 10.2 Å². The summed E-state index contributed by atoms with van der Waals surface area (Å²) < 4.78 is 0. The first-order valence-electron chi connectivity index (χ1n) is 7.01. The maximum Gasteiger partial charge on any atom is 0.256 e. The van der Waals surface area contributed by atoms with Crippen LogP contribution in [0.4, 0.5) is 11.4 Å². The lowest BCUT2D eigenvalue weighted by Crippen LogP contribution is -2.34. The molecule has 0 radical (unpaired) electrons. The fourth-order valence-electron chi connectivity index (χ4n) is 2.48. The Morgan fingerprint density at radius 3 is 2.55 bits per heavy atom. The summed E-state index contributed by atoms with van der Waals surface area (Å²) >= 11 is 6.09. The number of aryl methyl sites for hydroxylation is 1. The van der Waals surface area contributed by atoms with Crippen molar-refractivity contribution in [1.29, 1.82) is 0 Å². The van der Waals surface area contributed by atoms with Crippen molar-refractivity contribution in [1.82, 2.24) is 0 Å². The molecule has 5 heteroatoms. The summed E-state index contributed by atoms with van der Waals surface area (Å²) in [7, 11) is 0.